The maximum Gasteiger partial charge on any atom is 0.326 e. The molecular formula is C22H31N5O10. The zero-order valence-corrected chi connectivity index (χ0v) is 19.9. The van der Waals surface area contributed by atoms with Crippen LogP contribution in [0.4, 0.5) is 0 Å². The summed E-state index contributed by atoms with van der Waals surface area (Å²) < 4.78 is 0. The number of primary amides is 1. The second-order valence-corrected chi connectivity index (χ2v) is 8.27. The van der Waals surface area contributed by atoms with E-state index in [1.54, 1.807) is 0 Å². The number of hydrogen-bond acceptors (Lipinski definition) is 9. The summed E-state index contributed by atoms with van der Waals surface area (Å²) in [7, 11) is 0. The van der Waals surface area contributed by atoms with E-state index in [1.165, 1.54) is 24.3 Å². The third kappa shape index (κ3) is 10.9. The predicted molar refractivity (Wildman–Crippen MR) is 126 cm³/mol. The van der Waals surface area contributed by atoms with E-state index >= 15 is 0 Å². The molecule has 1 aromatic carbocycles. The normalized spacial score (nSPS) is 14.8. The minimum absolute atomic E-state index is 0.0687. The number of nitrogens with one attached hydrogen (secondary N) is 3. The van der Waals surface area contributed by atoms with E-state index in [2.05, 4.69) is 16.0 Å². The van der Waals surface area contributed by atoms with Crippen molar-refractivity contribution < 1.29 is 49.2 Å². The number of aliphatic carboxylic acids is 2. The van der Waals surface area contributed by atoms with Gasteiger partial charge in [0.05, 0.1) is 18.6 Å². The van der Waals surface area contributed by atoms with Crippen LogP contribution in [0.3, 0.4) is 0 Å². The van der Waals surface area contributed by atoms with Crippen LogP contribution in [-0.2, 0) is 35.2 Å². The Bertz CT molecular complexity index is 998. The fourth-order valence-electron chi connectivity index (χ4n) is 3.10. The summed E-state index contributed by atoms with van der Waals surface area (Å²) in [6.07, 6.45) is -3.09. The Labute approximate surface area is 211 Å². The number of phenols is 1. The van der Waals surface area contributed by atoms with E-state index in [4.69, 9.17) is 16.6 Å². The maximum absolute atomic E-state index is 13.0. The summed E-state index contributed by atoms with van der Waals surface area (Å²) in [4.78, 5) is 71.4. The second kappa shape index (κ2) is 14.4. The van der Waals surface area contributed by atoms with Crippen molar-refractivity contribution in [2.24, 2.45) is 11.5 Å². The smallest absolute Gasteiger partial charge is 0.326 e. The number of aliphatic hydroxyl groups excluding tert-OH is 1. The molecule has 0 saturated heterocycles. The molecule has 15 nitrogen and oxygen atoms in total. The lowest BCUT2D eigenvalue weighted by Gasteiger charge is -2.26. The summed E-state index contributed by atoms with van der Waals surface area (Å²) in [5.74, 6) is -6.72. The molecule has 0 aromatic heterocycles. The Morgan fingerprint density at radius 1 is 0.892 bits per heavy atom. The van der Waals surface area contributed by atoms with Gasteiger partial charge in [0.2, 0.25) is 23.6 Å². The quantitative estimate of drug-likeness (QED) is 0.111. The molecular weight excluding hydrogens is 494 g/mol. The minimum atomic E-state index is -1.65. The number of aliphatic hydroxyl groups is 1. The monoisotopic (exact) mass is 525 g/mol. The van der Waals surface area contributed by atoms with Crippen LogP contribution in [0.2, 0.25) is 0 Å². The molecule has 0 bridgehead atoms. The first-order valence-electron chi connectivity index (χ1n) is 11.1. The van der Waals surface area contributed by atoms with Crippen molar-refractivity contribution in [3.05, 3.63) is 29.8 Å². The van der Waals surface area contributed by atoms with Gasteiger partial charge in [0.1, 0.15) is 23.9 Å². The number of nitrogens with two attached hydrogens (primary N) is 2. The first-order chi connectivity index (χ1) is 17.2. The van der Waals surface area contributed by atoms with Gasteiger partial charge in [0, 0.05) is 12.8 Å². The SMILES string of the molecule is CC(O)C(NC(=O)C(N)CC(=O)O)C(=O)NC(Cc1ccc(O)cc1)C(=O)NC(CCC(N)=O)C(=O)O. The largest absolute Gasteiger partial charge is 0.508 e. The molecule has 0 heterocycles. The number of carboxylic acids is 2. The van der Waals surface area contributed by atoms with Crippen molar-refractivity contribution in [2.45, 2.75) is 62.9 Å². The molecule has 5 atom stereocenters. The van der Waals surface area contributed by atoms with Crippen LogP contribution >= 0.6 is 0 Å². The third-order valence-electron chi connectivity index (χ3n) is 5.10. The molecule has 204 valence electrons. The van der Waals surface area contributed by atoms with Crippen molar-refractivity contribution >= 4 is 35.6 Å². The van der Waals surface area contributed by atoms with Crippen molar-refractivity contribution in [3.63, 3.8) is 0 Å². The molecule has 0 radical (unpaired) electrons. The minimum Gasteiger partial charge on any atom is -0.508 e. The highest BCUT2D eigenvalue weighted by atomic mass is 16.4. The number of carbonyl (C=O) groups is 6. The summed E-state index contributed by atoms with van der Waals surface area (Å²) in [6, 6.07) is -0.579. The molecule has 0 saturated carbocycles. The second-order valence-electron chi connectivity index (χ2n) is 8.27. The number of aromatic hydroxyl groups is 1. The van der Waals surface area contributed by atoms with E-state index < -0.39 is 72.3 Å². The average molecular weight is 526 g/mol. The fourth-order valence-corrected chi connectivity index (χ4v) is 3.10. The Morgan fingerprint density at radius 3 is 1.95 bits per heavy atom. The van der Waals surface area contributed by atoms with Gasteiger partial charge >= 0.3 is 11.9 Å². The Balaban J connectivity index is 3.13. The number of hydrogen-bond donors (Lipinski definition) is 9. The van der Waals surface area contributed by atoms with Crippen LogP contribution in [0, 0.1) is 0 Å². The molecule has 5 unspecified atom stereocenters. The van der Waals surface area contributed by atoms with Gasteiger partial charge in [-0.3, -0.25) is 24.0 Å². The summed E-state index contributed by atoms with van der Waals surface area (Å²) in [6.45, 7) is 1.16. The van der Waals surface area contributed by atoms with Crippen LogP contribution in [0.25, 0.3) is 0 Å². The first kappa shape index (κ1) is 30.8. The molecule has 0 aliphatic carbocycles. The van der Waals surface area contributed by atoms with Gasteiger partial charge in [-0.15, -0.1) is 0 Å². The molecule has 0 aliphatic rings. The van der Waals surface area contributed by atoms with Gasteiger partial charge in [0.25, 0.3) is 0 Å². The van der Waals surface area contributed by atoms with Gasteiger partial charge in [-0.25, -0.2) is 4.79 Å². The Morgan fingerprint density at radius 2 is 1.46 bits per heavy atom. The van der Waals surface area contributed by atoms with Crippen LogP contribution in [0.15, 0.2) is 24.3 Å². The van der Waals surface area contributed by atoms with Crippen molar-refractivity contribution in [1.82, 2.24) is 16.0 Å². The third-order valence-corrected chi connectivity index (χ3v) is 5.10. The standard InChI is InChI=1S/C22H31N5O10/c1-10(28)18(27-19(33)13(23)9-17(31)32)21(35)26-15(8-11-2-4-12(29)5-3-11)20(34)25-14(22(36)37)6-7-16(24)30/h2-5,10,13-15,18,28-29H,6-9,23H2,1H3,(H2,24,30)(H,25,34)(H,26,35)(H,27,33)(H,31,32)(H,36,37). The maximum atomic E-state index is 13.0. The number of carbonyl (C=O) groups excluding carboxylic acids is 4. The summed E-state index contributed by atoms with van der Waals surface area (Å²) in [5, 5.41) is 44.3. The molecule has 0 spiro atoms. The summed E-state index contributed by atoms with van der Waals surface area (Å²) in [5.41, 5.74) is 11.0. The molecule has 0 fully saturated rings. The lowest BCUT2D eigenvalue weighted by atomic mass is 10.0. The van der Waals surface area contributed by atoms with Gasteiger partial charge in [-0.2, -0.15) is 0 Å². The molecule has 15 heteroatoms. The number of benzene rings is 1. The molecule has 4 amide bonds. The molecule has 37 heavy (non-hydrogen) atoms. The van der Waals surface area contributed by atoms with Crippen molar-refractivity contribution in [1.29, 1.82) is 0 Å². The highest BCUT2D eigenvalue weighted by molar-refractivity contribution is 5.95. The highest BCUT2D eigenvalue weighted by Crippen LogP contribution is 2.12. The average Bonchev–Trinajstić information content (AvgIpc) is 2.79. The Kier molecular flexibility index (Phi) is 11.9. The van der Waals surface area contributed by atoms with Crippen molar-refractivity contribution in [3.8, 4) is 5.75 Å². The van der Waals surface area contributed by atoms with Gasteiger partial charge < -0.3 is 47.8 Å². The van der Waals surface area contributed by atoms with Crippen LogP contribution in [-0.4, -0.2) is 86.3 Å². The highest BCUT2D eigenvalue weighted by Gasteiger charge is 2.33. The molecule has 0 aliphatic heterocycles. The van der Waals surface area contributed by atoms with Crippen LogP contribution in [0.5, 0.6) is 5.75 Å². The van der Waals surface area contributed by atoms with Gasteiger partial charge in [0.15, 0.2) is 0 Å². The lowest BCUT2D eigenvalue weighted by molar-refractivity contribution is -0.142. The topological polar surface area (TPSA) is 271 Å². The summed E-state index contributed by atoms with van der Waals surface area (Å²) >= 11 is 0. The van der Waals surface area contributed by atoms with E-state index in [9.17, 15) is 44.1 Å². The molecule has 1 rings (SSSR count). The predicted octanol–water partition coefficient (Wildman–Crippen LogP) is -3.08. The number of carboxylic acid groups (broad SMARTS) is 2. The number of rotatable bonds is 15. The zero-order valence-electron chi connectivity index (χ0n) is 19.9. The number of phenolic OH excluding ortho intramolecular Hbond substituents is 1. The fraction of sp³-hybridized carbons (Fsp3) is 0.455. The van der Waals surface area contributed by atoms with E-state index in [1.807, 2.05) is 0 Å². The van der Waals surface area contributed by atoms with E-state index in [0.717, 1.165) is 6.92 Å². The zero-order chi connectivity index (χ0) is 28.3. The Hall–Kier alpha value is -4.24. The van der Waals surface area contributed by atoms with E-state index in [-0.39, 0.29) is 25.0 Å². The lowest BCUT2D eigenvalue weighted by Crippen LogP contribution is -2.60. The van der Waals surface area contributed by atoms with Crippen molar-refractivity contribution in [2.75, 3.05) is 0 Å². The van der Waals surface area contributed by atoms with Gasteiger partial charge in [-0.1, -0.05) is 12.1 Å². The molecule has 1 aromatic rings. The molecule has 11 N–H and O–H groups in total. The van der Waals surface area contributed by atoms with Crippen LogP contribution < -0.4 is 27.4 Å². The number of amides is 4. The van der Waals surface area contributed by atoms with Gasteiger partial charge in [-0.05, 0) is 31.0 Å². The van der Waals surface area contributed by atoms with Crippen LogP contribution in [0.1, 0.15) is 31.7 Å². The van der Waals surface area contributed by atoms with E-state index in [0.29, 0.717) is 5.56 Å². The first-order valence-corrected chi connectivity index (χ1v) is 11.1.